The molecule has 0 saturated carbocycles. The van der Waals surface area contributed by atoms with E-state index in [-0.39, 0.29) is 0 Å². The van der Waals surface area contributed by atoms with Gasteiger partial charge in [-0.2, -0.15) is 0 Å². The number of benzene rings is 1. The van der Waals surface area contributed by atoms with E-state index in [2.05, 4.69) is 9.46 Å². The van der Waals surface area contributed by atoms with Gasteiger partial charge in [-0.1, -0.05) is 18.2 Å². The molecule has 0 aliphatic heterocycles. The van der Waals surface area contributed by atoms with Crippen molar-refractivity contribution >= 4 is 27.9 Å². The predicted octanol–water partition coefficient (Wildman–Crippen LogP) is 2.70. The van der Waals surface area contributed by atoms with Gasteiger partial charge in [0.1, 0.15) is 0 Å². The predicted molar refractivity (Wildman–Crippen MR) is 55.4 cm³/mol. The van der Waals surface area contributed by atoms with Crippen LogP contribution in [0.4, 0.5) is 4.79 Å². The molecule has 3 nitrogen and oxygen atoms in total. The molecule has 70 valence electrons. The number of amides is 1. The molecule has 0 aliphatic rings. The standard InChI is InChI=1S/C8H9NO2S2/c1-11-8(10)9-13-12-7-5-3-2-4-6-7/h2-6H,1H3,(H,9,10). The number of rotatable bonds is 3. The van der Waals surface area contributed by atoms with Crippen molar-refractivity contribution in [3.8, 4) is 0 Å². The van der Waals surface area contributed by atoms with Crippen LogP contribution in [0.1, 0.15) is 0 Å². The number of methoxy groups -OCH3 is 1. The molecular weight excluding hydrogens is 206 g/mol. The number of nitrogens with one attached hydrogen (secondary N) is 1. The Kier molecular flexibility index (Phi) is 4.56. The molecule has 5 heteroatoms. The molecule has 1 rings (SSSR count). The molecule has 13 heavy (non-hydrogen) atoms. The first-order valence-corrected chi connectivity index (χ1v) is 5.70. The Hall–Kier alpha value is -0.810. The van der Waals surface area contributed by atoms with Crippen molar-refractivity contribution in [2.75, 3.05) is 7.11 Å². The first-order valence-electron chi connectivity index (χ1n) is 3.55. The highest BCUT2D eigenvalue weighted by Gasteiger charge is 1.98. The van der Waals surface area contributed by atoms with Crippen molar-refractivity contribution in [1.29, 1.82) is 0 Å². The monoisotopic (exact) mass is 215 g/mol. The normalized spacial score (nSPS) is 9.31. The van der Waals surface area contributed by atoms with Gasteiger partial charge in [0.2, 0.25) is 0 Å². The van der Waals surface area contributed by atoms with Gasteiger partial charge in [0.15, 0.2) is 0 Å². The van der Waals surface area contributed by atoms with E-state index in [9.17, 15) is 4.79 Å². The molecule has 1 amide bonds. The topological polar surface area (TPSA) is 38.3 Å². The Morgan fingerprint density at radius 2 is 2.08 bits per heavy atom. The van der Waals surface area contributed by atoms with E-state index in [1.807, 2.05) is 30.3 Å². The molecule has 0 saturated heterocycles. The van der Waals surface area contributed by atoms with Crippen molar-refractivity contribution in [1.82, 2.24) is 4.72 Å². The fraction of sp³-hybridized carbons (Fsp3) is 0.125. The molecule has 0 heterocycles. The Morgan fingerprint density at radius 1 is 1.38 bits per heavy atom. The lowest BCUT2D eigenvalue weighted by Crippen LogP contribution is -2.13. The maximum absolute atomic E-state index is 10.6. The Bertz CT molecular complexity index is 266. The van der Waals surface area contributed by atoms with Gasteiger partial charge in [0, 0.05) is 15.9 Å². The van der Waals surface area contributed by atoms with Crippen LogP contribution in [0.5, 0.6) is 0 Å². The number of hydrogen-bond donors (Lipinski definition) is 1. The van der Waals surface area contributed by atoms with Gasteiger partial charge in [-0.05, 0) is 22.9 Å². The zero-order valence-corrected chi connectivity index (χ0v) is 8.65. The second kappa shape index (κ2) is 5.77. The Morgan fingerprint density at radius 3 is 2.69 bits per heavy atom. The SMILES string of the molecule is COC(=O)NSSc1ccccc1. The quantitative estimate of drug-likeness (QED) is 0.621. The van der Waals surface area contributed by atoms with Crippen LogP contribution in [0.25, 0.3) is 0 Å². The van der Waals surface area contributed by atoms with E-state index in [1.54, 1.807) is 0 Å². The third kappa shape index (κ3) is 4.10. The lowest BCUT2D eigenvalue weighted by Gasteiger charge is -2.00. The van der Waals surface area contributed by atoms with Crippen LogP contribution in [0.3, 0.4) is 0 Å². The number of ether oxygens (including phenoxy) is 1. The highest BCUT2D eigenvalue weighted by atomic mass is 33.1. The molecule has 0 radical (unpaired) electrons. The molecule has 0 fully saturated rings. The van der Waals surface area contributed by atoms with E-state index in [4.69, 9.17) is 0 Å². The smallest absolute Gasteiger partial charge is 0.417 e. The minimum Gasteiger partial charge on any atom is -0.452 e. The minimum absolute atomic E-state index is 0.437. The lowest BCUT2D eigenvalue weighted by molar-refractivity contribution is 0.178. The van der Waals surface area contributed by atoms with Gasteiger partial charge >= 0.3 is 6.09 Å². The summed E-state index contributed by atoms with van der Waals surface area (Å²) >= 11 is 0. The van der Waals surface area contributed by atoms with Gasteiger partial charge in [0.25, 0.3) is 0 Å². The molecule has 0 bridgehead atoms. The number of carbonyl (C=O) groups excluding carboxylic acids is 1. The molecular formula is C8H9NO2S2. The summed E-state index contributed by atoms with van der Waals surface area (Å²) in [5.74, 6) is 0. The Balaban J connectivity index is 2.24. The second-order valence-corrected chi connectivity index (χ2v) is 4.08. The molecule has 1 aromatic carbocycles. The molecule has 0 aliphatic carbocycles. The lowest BCUT2D eigenvalue weighted by atomic mass is 10.4. The zero-order chi connectivity index (χ0) is 9.52. The van der Waals surface area contributed by atoms with Crippen molar-refractivity contribution in [2.24, 2.45) is 0 Å². The average Bonchev–Trinajstić information content (AvgIpc) is 2.19. The van der Waals surface area contributed by atoms with Gasteiger partial charge in [-0.25, -0.2) is 4.79 Å². The highest BCUT2D eigenvalue weighted by molar-refractivity contribution is 8.76. The maximum atomic E-state index is 10.6. The first kappa shape index (κ1) is 10.3. The number of carbonyl (C=O) groups is 1. The van der Waals surface area contributed by atoms with E-state index < -0.39 is 6.09 Å². The van der Waals surface area contributed by atoms with Crippen LogP contribution in [0.15, 0.2) is 35.2 Å². The average molecular weight is 215 g/mol. The van der Waals surface area contributed by atoms with Crippen molar-refractivity contribution in [3.05, 3.63) is 30.3 Å². The van der Waals surface area contributed by atoms with E-state index >= 15 is 0 Å². The molecule has 0 spiro atoms. The number of hydrogen-bond acceptors (Lipinski definition) is 4. The van der Waals surface area contributed by atoms with Crippen LogP contribution in [0, 0.1) is 0 Å². The summed E-state index contributed by atoms with van der Waals surface area (Å²) in [6, 6.07) is 9.78. The zero-order valence-electron chi connectivity index (χ0n) is 7.02. The Labute approximate surface area is 84.8 Å². The third-order valence-corrected chi connectivity index (χ3v) is 3.07. The largest absolute Gasteiger partial charge is 0.452 e. The van der Waals surface area contributed by atoms with Crippen LogP contribution in [-0.2, 0) is 4.74 Å². The third-order valence-electron chi connectivity index (χ3n) is 1.19. The molecule has 0 aromatic heterocycles. The second-order valence-electron chi connectivity index (χ2n) is 2.07. The summed E-state index contributed by atoms with van der Waals surface area (Å²) in [4.78, 5) is 11.7. The summed E-state index contributed by atoms with van der Waals surface area (Å²) in [5.41, 5.74) is 0. The van der Waals surface area contributed by atoms with Crippen LogP contribution >= 0.6 is 21.8 Å². The highest BCUT2D eigenvalue weighted by Crippen LogP contribution is 2.27. The fourth-order valence-corrected chi connectivity index (χ4v) is 2.13. The van der Waals surface area contributed by atoms with Crippen molar-refractivity contribution in [3.63, 3.8) is 0 Å². The summed E-state index contributed by atoms with van der Waals surface area (Å²) in [5, 5.41) is 0. The first-order chi connectivity index (χ1) is 6.33. The molecule has 1 N–H and O–H groups in total. The van der Waals surface area contributed by atoms with E-state index in [0.717, 1.165) is 4.90 Å². The maximum Gasteiger partial charge on any atom is 0.417 e. The summed E-state index contributed by atoms with van der Waals surface area (Å²) in [6.45, 7) is 0. The summed E-state index contributed by atoms with van der Waals surface area (Å²) < 4.78 is 6.90. The molecule has 0 unspecified atom stereocenters. The van der Waals surface area contributed by atoms with E-state index in [1.165, 1.54) is 28.9 Å². The van der Waals surface area contributed by atoms with Gasteiger partial charge in [-0.3, -0.25) is 4.72 Å². The van der Waals surface area contributed by atoms with Gasteiger partial charge < -0.3 is 4.74 Å². The van der Waals surface area contributed by atoms with Gasteiger partial charge in [-0.15, -0.1) is 0 Å². The molecule has 1 aromatic rings. The fourth-order valence-electron chi connectivity index (χ4n) is 0.621. The van der Waals surface area contributed by atoms with E-state index in [0.29, 0.717) is 0 Å². The molecule has 0 atom stereocenters. The van der Waals surface area contributed by atoms with Crippen molar-refractivity contribution < 1.29 is 9.53 Å². The van der Waals surface area contributed by atoms with Gasteiger partial charge in [0.05, 0.1) is 7.11 Å². The summed E-state index contributed by atoms with van der Waals surface area (Å²) in [6.07, 6.45) is -0.437. The van der Waals surface area contributed by atoms with Crippen LogP contribution < -0.4 is 4.72 Å². The summed E-state index contributed by atoms with van der Waals surface area (Å²) in [7, 11) is 4.04. The van der Waals surface area contributed by atoms with Crippen LogP contribution in [-0.4, -0.2) is 13.2 Å². The van der Waals surface area contributed by atoms with Crippen LogP contribution in [0.2, 0.25) is 0 Å². The van der Waals surface area contributed by atoms with Crippen molar-refractivity contribution in [2.45, 2.75) is 4.90 Å². The minimum atomic E-state index is -0.437.